The lowest BCUT2D eigenvalue weighted by molar-refractivity contribution is 0.0515. The summed E-state index contributed by atoms with van der Waals surface area (Å²) in [5.74, 6) is -0.431. The highest BCUT2D eigenvalue weighted by Gasteiger charge is 2.20. The summed E-state index contributed by atoms with van der Waals surface area (Å²) in [5.41, 5.74) is 4.05. The molecule has 2 heterocycles. The van der Waals surface area contributed by atoms with E-state index in [2.05, 4.69) is 10.3 Å². The second kappa shape index (κ2) is 8.15. The average molecular weight is 408 g/mol. The van der Waals surface area contributed by atoms with Crippen LogP contribution < -0.4 is 5.32 Å². The van der Waals surface area contributed by atoms with Crippen molar-refractivity contribution in [3.63, 3.8) is 0 Å². The SMILES string of the molecule is Cc1cn2cc(-c3ccc(C[C@@H](C#N)NC(=O)OC(C)(C)C)c(F)c3)cc2c(C)n1. The van der Waals surface area contributed by atoms with Crippen LogP contribution in [-0.2, 0) is 11.2 Å². The Morgan fingerprint density at radius 1 is 1.27 bits per heavy atom. The molecule has 0 spiro atoms. The maximum atomic E-state index is 14.8. The minimum Gasteiger partial charge on any atom is -0.444 e. The smallest absolute Gasteiger partial charge is 0.408 e. The maximum absolute atomic E-state index is 14.8. The highest BCUT2D eigenvalue weighted by atomic mass is 19.1. The number of aryl methyl sites for hydroxylation is 2. The van der Waals surface area contributed by atoms with Crippen LogP contribution in [-0.4, -0.2) is 27.1 Å². The second-order valence-electron chi connectivity index (χ2n) is 8.33. The predicted octanol–water partition coefficient (Wildman–Crippen LogP) is 4.72. The number of hydrogen-bond acceptors (Lipinski definition) is 4. The Labute approximate surface area is 175 Å². The van der Waals surface area contributed by atoms with Gasteiger partial charge in [0.25, 0.3) is 0 Å². The van der Waals surface area contributed by atoms with Gasteiger partial charge in [-0.05, 0) is 57.9 Å². The molecule has 1 atom stereocenters. The first-order valence-electron chi connectivity index (χ1n) is 9.69. The van der Waals surface area contributed by atoms with Gasteiger partial charge in [0.1, 0.15) is 17.5 Å². The van der Waals surface area contributed by atoms with Gasteiger partial charge < -0.3 is 14.5 Å². The lowest BCUT2D eigenvalue weighted by Crippen LogP contribution is -2.39. The zero-order valence-electron chi connectivity index (χ0n) is 17.8. The minimum atomic E-state index is -0.894. The number of nitrogens with zero attached hydrogens (tertiary/aromatic N) is 3. The molecular weight excluding hydrogens is 383 g/mol. The van der Waals surface area contributed by atoms with E-state index in [1.165, 1.54) is 6.07 Å². The number of halogens is 1. The molecule has 30 heavy (non-hydrogen) atoms. The Bertz CT molecular complexity index is 1140. The minimum absolute atomic E-state index is 0.0435. The second-order valence-corrected chi connectivity index (χ2v) is 8.33. The highest BCUT2D eigenvalue weighted by Crippen LogP contribution is 2.26. The molecule has 0 unspecified atom stereocenters. The molecule has 0 aliphatic heterocycles. The molecule has 6 nitrogen and oxygen atoms in total. The van der Waals surface area contributed by atoms with E-state index in [1.54, 1.807) is 26.8 Å². The average Bonchev–Trinajstić information content (AvgIpc) is 3.05. The molecule has 1 amide bonds. The van der Waals surface area contributed by atoms with E-state index in [-0.39, 0.29) is 6.42 Å². The Hall–Kier alpha value is -3.40. The summed E-state index contributed by atoms with van der Waals surface area (Å²) in [4.78, 5) is 16.4. The lowest BCUT2D eigenvalue weighted by atomic mass is 10.0. The third-order valence-electron chi connectivity index (χ3n) is 4.55. The van der Waals surface area contributed by atoms with E-state index in [0.29, 0.717) is 5.56 Å². The molecule has 2 aromatic heterocycles. The fourth-order valence-electron chi connectivity index (χ4n) is 3.28. The van der Waals surface area contributed by atoms with Crippen LogP contribution in [0.5, 0.6) is 0 Å². The molecule has 0 bridgehead atoms. The first-order valence-corrected chi connectivity index (χ1v) is 9.69. The molecule has 0 fully saturated rings. The van der Waals surface area contributed by atoms with Crippen LogP contribution in [0.4, 0.5) is 9.18 Å². The Kier molecular flexibility index (Phi) is 5.79. The molecule has 0 aliphatic carbocycles. The molecule has 3 aromatic rings. The lowest BCUT2D eigenvalue weighted by Gasteiger charge is -2.21. The number of hydrogen-bond donors (Lipinski definition) is 1. The van der Waals surface area contributed by atoms with Crippen molar-refractivity contribution in [3.05, 3.63) is 59.4 Å². The number of rotatable bonds is 4. The number of carbonyl (C=O) groups is 1. The molecule has 7 heteroatoms. The van der Waals surface area contributed by atoms with Gasteiger partial charge in [0.05, 0.1) is 23.0 Å². The van der Waals surface area contributed by atoms with Gasteiger partial charge >= 0.3 is 6.09 Å². The van der Waals surface area contributed by atoms with Crippen LogP contribution in [0.25, 0.3) is 16.6 Å². The first kappa shape index (κ1) is 21.3. The van der Waals surface area contributed by atoms with Crippen LogP contribution >= 0.6 is 0 Å². The molecule has 0 saturated carbocycles. The van der Waals surface area contributed by atoms with E-state index in [9.17, 15) is 14.4 Å². The maximum Gasteiger partial charge on any atom is 0.408 e. The van der Waals surface area contributed by atoms with Crippen molar-refractivity contribution in [1.29, 1.82) is 5.26 Å². The van der Waals surface area contributed by atoms with E-state index < -0.39 is 23.6 Å². The molecule has 0 saturated heterocycles. The van der Waals surface area contributed by atoms with Gasteiger partial charge in [-0.1, -0.05) is 12.1 Å². The van der Waals surface area contributed by atoms with E-state index >= 15 is 0 Å². The highest BCUT2D eigenvalue weighted by molar-refractivity contribution is 5.72. The Morgan fingerprint density at radius 2 is 2.00 bits per heavy atom. The van der Waals surface area contributed by atoms with Crippen LogP contribution in [0.2, 0.25) is 0 Å². The van der Waals surface area contributed by atoms with Gasteiger partial charge in [-0.3, -0.25) is 4.98 Å². The number of ether oxygens (including phenoxy) is 1. The summed E-state index contributed by atoms with van der Waals surface area (Å²) >= 11 is 0. The molecule has 0 aliphatic rings. The summed E-state index contributed by atoms with van der Waals surface area (Å²) in [7, 11) is 0. The fourth-order valence-corrected chi connectivity index (χ4v) is 3.28. The van der Waals surface area contributed by atoms with Gasteiger partial charge in [0, 0.05) is 24.4 Å². The molecule has 0 radical (unpaired) electrons. The molecule has 1 N–H and O–H groups in total. The van der Waals surface area contributed by atoms with Crippen molar-refractivity contribution in [1.82, 2.24) is 14.7 Å². The van der Waals surface area contributed by atoms with Crippen molar-refractivity contribution in [3.8, 4) is 17.2 Å². The Morgan fingerprint density at radius 3 is 2.63 bits per heavy atom. The number of nitrogens with one attached hydrogen (secondary N) is 1. The van der Waals surface area contributed by atoms with Gasteiger partial charge in [-0.2, -0.15) is 5.26 Å². The topological polar surface area (TPSA) is 79.4 Å². The summed E-state index contributed by atoms with van der Waals surface area (Å²) in [6, 6.07) is 7.96. The van der Waals surface area contributed by atoms with Crippen LogP contribution in [0.1, 0.15) is 37.7 Å². The van der Waals surface area contributed by atoms with Crippen molar-refractivity contribution in [2.24, 2.45) is 0 Å². The van der Waals surface area contributed by atoms with Gasteiger partial charge in [-0.25, -0.2) is 9.18 Å². The normalized spacial score (nSPS) is 12.4. The number of alkyl carbamates (subject to hydrolysis) is 1. The summed E-state index contributed by atoms with van der Waals surface area (Å²) in [6.45, 7) is 9.07. The van der Waals surface area contributed by atoms with Crippen molar-refractivity contribution < 1.29 is 13.9 Å². The molecular formula is C23H25FN4O2. The standard InChI is InChI=1S/C23H25FN4O2/c1-14-12-28-13-18(10-21(28)15(2)26-14)16-6-7-17(20(24)9-16)8-19(11-25)27-22(29)30-23(3,4)5/h6-7,9-10,12-13,19H,8H2,1-5H3,(H,27,29)/t19-/m0/s1. The first-order chi connectivity index (χ1) is 14.1. The zero-order chi connectivity index (χ0) is 22.1. The summed E-state index contributed by atoms with van der Waals surface area (Å²) < 4.78 is 21.9. The van der Waals surface area contributed by atoms with Gasteiger partial charge in [-0.15, -0.1) is 0 Å². The fraction of sp³-hybridized carbons (Fsp3) is 0.348. The van der Waals surface area contributed by atoms with Crippen molar-refractivity contribution in [2.45, 2.75) is 52.7 Å². The third kappa shape index (κ3) is 4.95. The van der Waals surface area contributed by atoms with Crippen LogP contribution in [0.15, 0.2) is 36.7 Å². The Balaban J connectivity index is 1.79. The van der Waals surface area contributed by atoms with Gasteiger partial charge in [0.15, 0.2) is 0 Å². The van der Waals surface area contributed by atoms with Crippen LogP contribution in [0.3, 0.4) is 0 Å². The van der Waals surface area contributed by atoms with Gasteiger partial charge in [0.2, 0.25) is 0 Å². The molecule has 156 valence electrons. The number of amides is 1. The predicted molar refractivity (Wildman–Crippen MR) is 113 cm³/mol. The van der Waals surface area contributed by atoms with E-state index in [0.717, 1.165) is 28.0 Å². The summed E-state index contributed by atoms with van der Waals surface area (Å²) in [5, 5.41) is 11.8. The zero-order valence-corrected chi connectivity index (χ0v) is 17.8. The molecule has 1 aromatic carbocycles. The largest absolute Gasteiger partial charge is 0.444 e. The number of benzene rings is 1. The van der Waals surface area contributed by atoms with E-state index in [1.807, 2.05) is 48.8 Å². The molecule has 3 rings (SSSR count). The van der Waals surface area contributed by atoms with Crippen molar-refractivity contribution in [2.75, 3.05) is 0 Å². The monoisotopic (exact) mass is 408 g/mol. The van der Waals surface area contributed by atoms with Crippen LogP contribution in [0, 0.1) is 31.0 Å². The van der Waals surface area contributed by atoms with Crippen molar-refractivity contribution >= 4 is 11.6 Å². The quantitative estimate of drug-likeness (QED) is 0.678. The summed E-state index contributed by atoms with van der Waals surface area (Å²) in [6.07, 6.45) is 3.21. The number of aromatic nitrogens is 2. The number of fused-ring (bicyclic) bond motifs is 1. The van der Waals surface area contributed by atoms with E-state index in [4.69, 9.17) is 4.74 Å². The number of carbonyl (C=O) groups excluding carboxylic acids is 1. The number of nitriles is 1. The third-order valence-corrected chi connectivity index (χ3v) is 4.55.